The Balaban J connectivity index is 1.42. The van der Waals surface area contributed by atoms with Crippen molar-refractivity contribution in [2.45, 2.75) is 82.8 Å². The average Bonchev–Trinajstić information content (AvgIpc) is 3.30. The molecule has 3 rings (SSSR count). The first kappa shape index (κ1) is 21.1. The Morgan fingerprint density at radius 1 is 1.19 bits per heavy atom. The summed E-state index contributed by atoms with van der Waals surface area (Å²) in [6, 6.07) is 0. The standard InChI is InChI=1S/C24H41NO2/c1-25(2)13-7-3-4-10-19-14-20-17-24(27)22(23(20)16-19)12-11-21(26)15-18-8-5-6-9-18/h11-12,14,18,20-24,26-27H,3-10,13,15-17H2,1-2H3/b12-11+/t20-,21+,22+,23-,24+/m0/s1. The Morgan fingerprint density at radius 3 is 2.70 bits per heavy atom. The van der Waals surface area contributed by atoms with Crippen molar-refractivity contribution in [3.63, 3.8) is 0 Å². The van der Waals surface area contributed by atoms with Gasteiger partial charge in [-0.3, -0.25) is 0 Å². The maximum atomic E-state index is 10.5. The Labute approximate surface area is 166 Å². The summed E-state index contributed by atoms with van der Waals surface area (Å²) in [4.78, 5) is 2.26. The van der Waals surface area contributed by atoms with Gasteiger partial charge in [0.2, 0.25) is 0 Å². The second kappa shape index (κ2) is 10.2. The lowest BCUT2D eigenvalue weighted by Crippen LogP contribution is -2.18. The van der Waals surface area contributed by atoms with Crippen LogP contribution in [0.15, 0.2) is 23.8 Å². The molecule has 154 valence electrons. The molecule has 5 atom stereocenters. The van der Waals surface area contributed by atoms with E-state index in [1.807, 2.05) is 6.08 Å². The molecule has 0 radical (unpaired) electrons. The third kappa shape index (κ3) is 6.17. The van der Waals surface area contributed by atoms with Crippen LogP contribution in [0.5, 0.6) is 0 Å². The van der Waals surface area contributed by atoms with Gasteiger partial charge in [-0.1, -0.05) is 55.9 Å². The molecule has 3 aliphatic carbocycles. The highest BCUT2D eigenvalue weighted by atomic mass is 16.3. The molecule has 0 aliphatic heterocycles. The largest absolute Gasteiger partial charge is 0.392 e. The van der Waals surface area contributed by atoms with Gasteiger partial charge in [0.1, 0.15) is 0 Å². The van der Waals surface area contributed by atoms with Gasteiger partial charge in [-0.25, -0.2) is 0 Å². The molecule has 3 nitrogen and oxygen atoms in total. The normalized spacial score (nSPS) is 32.6. The summed E-state index contributed by atoms with van der Waals surface area (Å²) >= 11 is 0. The number of rotatable bonds is 10. The molecule has 27 heavy (non-hydrogen) atoms. The van der Waals surface area contributed by atoms with E-state index in [2.05, 4.69) is 31.1 Å². The van der Waals surface area contributed by atoms with Crippen LogP contribution in [-0.2, 0) is 0 Å². The third-order valence-electron chi connectivity index (χ3n) is 7.16. The van der Waals surface area contributed by atoms with Crippen LogP contribution in [0, 0.1) is 23.7 Å². The predicted octanol–water partition coefficient (Wildman–Crippen LogP) is 4.55. The highest BCUT2D eigenvalue weighted by Crippen LogP contribution is 2.48. The Hall–Kier alpha value is -0.640. The lowest BCUT2D eigenvalue weighted by Gasteiger charge is -2.19. The molecular weight excluding hydrogens is 334 g/mol. The second-order valence-electron chi connectivity index (χ2n) is 9.69. The van der Waals surface area contributed by atoms with Crippen LogP contribution in [0.4, 0.5) is 0 Å². The second-order valence-corrected chi connectivity index (χ2v) is 9.69. The van der Waals surface area contributed by atoms with Gasteiger partial charge in [0.15, 0.2) is 0 Å². The predicted molar refractivity (Wildman–Crippen MR) is 113 cm³/mol. The summed E-state index contributed by atoms with van der Waals surface area (Å²) < 4.78 is 0. The lowest BCUT2D eigenvalue weighted by atomic mass is 9.88. The van der Waals surface area contributed by atoms with E-state index in [0.717, 1.165) is 19.3 Å². The summed E-state index contributed by atoms with van der Waals surface area (Å²) in [6.07, 6.45) is 19.4. The van der Waals surface area contributed by atoms with E-state index in [9.17, 15) is 10.2 Å². The first-order chi connectivity index (χ1) is 13.0. The minimum absolute atomic E-state index is 0.229. The number of unbranched alkanes of at least 4 members (excludes halogenated alkanes) is 2. The van der Waals surface area contributed by atoms with Crippen LogP contribution in [0.25, 0.3) is 0 Å². The molecule has 2 saturated carbocycles. The topological polar surface area (TPSA) is 43.7 Å². The third-order valence-corrected chi connectivity index (χ3v) is 7.16. The van der Waals surface area contributed by atoms with E-state index in [1.165, 1.54) is 57.9 Å². The van der Waals surface area contributed by atoms with Gasteiger partial charge < -0.3 is 15.1 Å². The molecule has 0 aromatic carbocycles. The average molecular weight is 376 g/mol. The van der Waals surface area contributed by atoms with E-state index < -0.39 is 0 Å². The first-order valence-electron chi connectivity index (χ1n) is 11.4. The van der Waals surface area contributed by atoms with E-state index in [0.29, 0.717) is 17.8 Å². The highest BCUT2D eigenvalue weighted by Gasteiger charge is 2.43. The van der Waals surface area contributed by atoms with E-state index in [-0.39, 0.29) is 18.1 Å². The minimum Gasteiger partial charge on any atom is -0.392 e. The van der Waals surface area contributed by atoms with Crippen LogP contribution < -0.4 is 0 Å². The zero-order chi connectivity index (χ0) is 19.2. The summed E-state index contributed by atoms with van der Waals surface area (Å²) in [6.45, 7) is 1.19. The van der Waals surface area contributed by atoms with Gasteiger partial charge in [-0.05, 0) is 76.9 Å². The van der Waals surface area contributed by atoms with Crippen molar-refractivity contribution in [1.29, 1.82) is 0 Å². The number of nitrogens with zero attached hydrogens (tertiary/aromatic N) is 1. The van der Waals surface area contributed by atoms with Crippen molar-refractivity contribution in [1.82, 2.24) is 4.90 Å². The zero-order valence-electron chi connectivity index (χ0n) is 17.5. The summed E-state index contributed by atoms with van der Waals surface area (Å²) in [5.74, 6) is 2.05. The summed E-state index contributed by atoms with van der Waals surface area (Å²) in [5.41, 5.74) is 1.62. The molecule has 0 spiro atoms. The van der Waals surface area contributed by atoms with Gasteiger partial charge in [0.25, 0.3) is 0 Å². The number of hydrogen-bond acceptors (Lipinski definition) is 3. The minimum atomic E-state index is -0.329. The molecule has 2 fully saturated rings. The Kier molecular flexibility index (Phi) is 7.98. The zero-order valence-corrected chi connectivity index (χ0v) is 17.5. The van der Waals surface area contributed by atoms with Crippen LogP contribution >= 0.6 is 0 Å². The molecule has 0 aromatic rings. The van der Waals surface area contributed by atoms with Gasteiger partial charge in [0.05, 0.1) is 12.2 Å². The number of aliphatic hydroxyl groups excluding tert-OH is 2. The lowest BCUT2D eigenvalue weighted by molar-refractivity contribution is 0.139. The van der Waals surface area contributed by atoms with E-state index in [4.69, 9.17) is 0 Å². The van der Waals surface area contributed by atoms with E-state index >= 15 is 0 Å². The highest BCUT2D eigenvalue weighted by molar-refractivity contribution is 5.21. The summed E-state index contributed by atoms with van der Waals surface area (Å²) in [7, 11) is 4.29. The number of aliphatic hydroxyl groups is 2. The van der Waals surface area contributed by atoms with Crippen molar-refractivity contribution < 1.29 is 10.2 Å². The van der Waals surface area contributed by atoms with E-state index in [1.54, 1.807) is 5.57 Å². The molecular formula is C24H41NO2. The van der Waals surface area contributed by atoms with Crippen molar-refractivity contribution in [2.75, 3.05) is 20.6 Å². The fraction of sp³-hybridized carbons (Fsp3) is 0.833. The molecule has 0 amide bonds. The smallest absolute Gasteiger partial charge is 0.0723 e. The SMILES string of the molecule is CN(C)CCCCCC1=C[C@H]2C[C@@H](O)[C@H](/C=C/[C@@H](O)CC3CCCC3)[C@H]2C1. The first-order valence-corrected chi connectivity index (χ1v) is 11.4. The van der Waals surface area contributed by atoms with Gasteiger partial charge >= 0.3 is 0 Å². The van der Waals surface area contributed by atoms with Crippen molar-refractivity contribution >= 4 is 0 Å². The number of fused-ring (bicyclic) bond motifs is 1. The molecule has 0 bridgehead atoms. The fourth-order valence-corrected chi connectivity index (χ4v) is 5.67. The Bertz CT molecular complexity index is 507. The van der Waals surface area contributed by atoms with Crippen LogP contribution in [0.2, 0.25) is 0 Å². The van der Waals surface area contributed by atoms with Gasteiger partial charge in [-0.15, -0.1) is 0 Å². The van der Waals surface area contributed by atoms with Gasteiger partial charge in [-0.2, -0.15) is 0 Å². The molecule has 3 aliphatic rings. The van der Waals surface area contributed by atoms with Crippen LogP contribution in [0.3, 0.4) is 0 Å². The van der Waals surface area contributed by atoms with Crippen molar-refractivity contribution in [3.8, 4) is 0 Å². The molecule has 3 heteroatoms. The van der Waals surface area contributed by atoms with Crippen LogP contribution in [-0.4, -0.2) is 48.0 Å². The Morgan fingerprint density at radius 2 is 1.96 bits per heavy atom. The maximum Gasteiger partial charge on any atom is 0.0723 e. The molecule has 0 aromatic heterocycles. The quantitative estimate of drug-likeness (QED) is 0.435. The van der Waals surface area contributed by atoms with Crippen molar-refractivity contribution in [2.24, 2.45) is 23.7 Å². The molecule has 0 saturated heterocycles. The molecule has 0 unspecified atom stereocenters. The number of allylic oxidation sites excluding steroid dienone is 2. The van der Waals surface area contributed by atoms with Gasteiger partial charge in [0, 0.05) is 5.92 Å². The van der Waals surface area contributed by atoms with Crippen LogP contribution in [0.1, 0.15) is 70.6 Å². The fourth-order valence-electron chi connectivity index (χ4n) is 5.67. The summed E-state index contributed by atoms with van der Waals surface area (Å²) in [5, 5.41) is 20.9. The monoisotopic (exact) mass is 375 g/mol. The van der Waals surface area contributed by atoms with Crippen molar-refractivity contribution in [3.05, 3.63) is 23.8 Å². The maximum absolute atomic E-state index is 10.5. The molecule has 0 heterocycles. The molecule has 2 N–H and O–H groups in total. The number of hydrogen-bond donors (Lipinski definition) is 2.